The molecule has 0 spiro atoms. The van der Waals surface area contributed by atoms with Crippen molar-refractivity contribution in [2.75, 3.05) is 0 Å². The first-order valence-corrected chi connectivity index (χ1v) is 12.5. The molecule has 0 saturated heterocycles. The molecule has 0 nitrogen and oxygen atoms in total. The van der Waals surface area contributed by atoms with Gasteiger partial charge in [-0.2, -0.15) is 0 Å². The Morgan fingerprint density at radius 2 is 1.26 bits per heavy atom. The first-order valence-electron chi connectivity index (χ1n) is 10.9. The zero-order valence-electron chi connectivity index (χ0n) is 17.1. The normalized spacial score (nSPS) is 11.5. The molecule has 27 heavy (non-hydrogen) atoms. The summed E-state index contributed by atoms with van der Waals surface area (Å²) in [5, 5.41) is 0. The standard InChI is InChI=1S/C25H34S2/c1-3-5-7-9-10-12-20-14-16-21(17-15-20)23-19-25-24(27-23)18-22(26-25)13-11-8-6-4-2/h14-19H,3-13H2,1-2H3. The minimum atomic E-state index is 1.23. The lowest BCUT2D eigenvalue weighted by Gasteiger charge is -2.03. The van der Waals surface area contributed by atoms with Crippen molar-refractivity contribution in [3.8, 4) is 10.4 Å². The quantitative estimate of drug-likeness (QED) is 0.267. The van der Waals surface area contributed by atoms with Gasteiger partial charge in [0.1, 0.15) is 0 Å². The van der Waals surface area contributed by atoms with Crippen LogP contribution in [0.3, 0.4) is 0 Å². The molecule has 1 aromatic carbocycles. The monoisotopic (exact) mass is 398 g/mol. The van der Waals surface area contributed by atoms with E-state index in [9.17, 15) is 0 Å². The summed E-state index contributed by atoms with van der Waals surface area (Å²) >= 11 is 3.96. The van der Waals surface area contributed by atoms with Gasteiger partial charge in [0, 0.05) is 19.2 Å². The van der Waals surface area contributed by atoms with E-state index in [4.69, 9.17) is 0 Å². The van der Waals surface area contributed by atoms with Crippen LogP contribution in [0.2, 0.25) is 0 Å². The Labute approximate surface area is 173 Å². The first kappa shape index (κ1) is 20.6. The van der Waals surface area contributed by atoms with Crippen LogP contribution in [0.15, 0.2) is 36.4 Å². The molecule has 0 bridgehead atoms. The lowest BCUT2D eigenvalue weighted by Crippen LogP contribution is -1.86. The Hall–Kier alpha value is -1.12. The molecule has 0 aliphatic heterocycles. The van der Waals surface area contributed by atoms with E-state index in [0.717, 1.165) is 0 Å². The van der Waals surface area contributed by atoms with Crippen LogP contribution in [-0.4, -0.2) is 0 Å². The van der Waals surface area contributed by atoms with E-state index < -0.39 is 0 Å². The molecule has 3 rings (SSSR count). The molecule has 0 aliphatic carbocycles. The predicted molar refractivity (Wildman–Crippen MR) is 125 cm³/mol. The van der Waals surface area contributed by atoms with E-state index >= 15 is 0 Å². The molecular formula is C25H34S2. The zero-order chi connectivity index (χ0) is 18.9. The molecule has 0 N–H and O–H groups in total. The maximum atomic E-state index is 2.44. The van der Waals surface area contributed by atoms with E-state index in [1.54, 1.807) is 4.88 Å². The van der Waals surface area contributed by atoms with E-state index in [1.165, 1.54) is 96.0 Å². The highest BCUT2D eigenvalue weighted by atomic mass is 32.1. The molecule has 2 heteroatoms. The van der Waals surface area contributed by atoms with Gasteiger partial charge in [-0.3, -0.25) is 0 Å². The molecule has 2 aromatic heterocycles. The van der Waals surface area contributed by atoms with Crippen LogP contribution in [0.25, 0.3) is 19.8 Å². The number of aryl methyl sites for hydroxylation is 2. The molecule has 0 amide bonds. The molecule has 0 saturated carbocycles. The largest absolute Gasteiger partial charge is 0.139 e. The number of benzene rings is 1. The van der Waals surface area contributed by atoms with Crippen molar-refractivity contribution in [1.82, 2.24) is 0 Å². The third-order valence-corrected chi connectivity index (χ3v) is 7.74. The molecule has 3 aromatic rings. The van der Waals surface area contributed by atoms with Crippen molar-refractivity contribution in [2.45, 2.75) is 84.5 Å². The first-order chi connectivity index (χ1) is 13.3. The maximum absolute atomic E-state index is 2.44. The molecule has 0 radical (unpaired) electrons. The van der Waals surface area contributed by atoms with Gasteiger partial charge >= 0.3 is 0 Å². The third kappa shape index (κ3) is 6.19. The van der Waals surface area contributed by atoms with Crippen LogP contribution in [0.1, 0.15) is 82.1 Å². The smallest absolute Gasteiger partial charge is 0.0460 e. The Balaban J connectivity index is 1.54. The topological polar surface area (TPSA) is 0 Å². The number of hydrogen-bond donors (Lipinski definition) is 0. The Bertz CT molecular complexity index is 760. The third-order valence-electron chi connectivity index (χ3n) is 5.34. The lowest BCUT2D eigenvalue weighted by atomic mass is 10.0. The number of rotatable bonds is 12. The molecular weight excluding hydrogens is 364 g/mol. The summed E-state index contributed by atoms with van der Waals surface area (Å²) in [4.78, 5) is 2.99. The van der Waals surface area contributed by atoms with Gasteiger partial charge in [-0.15, -0.1) is 22.7 Å². The van der Waals surface area contributed by atoms with Crippen molar-refractivity contribution in [3.05, 3.63) is 46.8 Å². The summed E-state index contributed by atoms with van der Waals surface area (Å²) < 4.78 is 2.95. The number of unbranched alkanes of at least 4 members (excludes halogenated alkanes) is 7. The number of thiophene rings is 2. The molecule has 0 aliphatic rings. The highest BCUT2D eigenvalue weighted by molar-refractivity contribution is 7.29. The average molecular weight is 399 g/mol. The van der Waals surface area contributed by atoms with E-state index in [1.807, 2.05) is 22.7 Å². The van der Waals surface area contributed by atoms with Crippen LogP contribution in [0, 0.1) is 0 Å². The second-order valence-corrected chi connectivity index (χ2v) is 9.98. The fourth-order valence-electron chi connectivity index (χ4n) is 3.65. The predicted octanol–water partition coefficient (Wildman–Crippen LogP) is 9.27. The minimum absolute atomic E-state index is 1.23. The van der Waals surface area contributed by atoms with Gasteiger partial charge < -0.3 is 0 Å². The van der Waals surface area contributed by atoms with Crippen LogP contribution >= 0.6 is 22.7 Å². The summed E-state index contributed by atoms with van der Waals surface area (Å²) in [6.07, 6.45) is 14.7. The van der Waals surface area contributed by atoms with Crippen LogP contribution in [-0.2, 0) is 12.8 Å². The van der Waals surface area contributed by atoms with E-state index in [2.05, 4.69) is 50.2 Å². The summed E-state index contributed by atoms with van der Waals surface area (Å²) in [7, 11) is 0. The highest BCUT2D eigenvalue weighted by Gasteiger charge is 2.08. The van der Waals surface area contributed by atoms with Gasteiger partial charge in [-0.1, -0.05) is 83.1 Å². The van der Waals surface area contributed by atoms with Crippen molar-refractivity contribution in [3.63, 3.8) is 0 Å². The van der Waals surface area contributed by atoms with E-state index in [-0.39, 0.29) is 0 Å². The van der Waals surface area contributed by atoms with Crippen molar-refractivity contribution in [2.24, 2.45) is 0 Å². The zero-order valence-corrected chi connectivity index (χ0v) is 18.7. The van der Waals surface area contributed by atoms with Gasteiger partial charge in [0.25, 0.3) is 0 Å². The summed E-state index contributed by atoms with van der Waals surface area (Å²) in [5.74, 6) is 0. The fraction of sp³-hybridized carbons (Fsp3) is 0.520. The Kier molecular flexibility index (Phi) is 8.41. The van der Waals surface area contributed by atoms with Crippen molar-refractivity contribution < 1.29 is 0 Å². The van der Waals surface area contributed by atoms with Crippen LogP contribution < -0.4 is 0 Å². The lowest BCUT2D eigenvalue weighted by molar-refractivity contribution is 0.632. The summed E-state index contributed by atoms with van der Waals surface area (Å²) in [5.41, 5.74) is 2.87. The van der Waals surface area contributed by atoms with Gasteiger partial charge in [-0.05, 0) is 48.9 Å². The molecule has 0 atom stereocenters. The Morgan fingerprint density at radius 1 is 0.630 bits per heavy atom. The molecule has 2 heterocycles. The summed E-state index contributed by atoms with van der Waals surface area (Å²) in [6, 6.07) is 14.2. The summed E-state index contributed by atoms with van der Waals surface area (Å²) in [6.45, 7) is 4.56. The number of fused-ring (bicyclic) bond motifs is 1. The van der Waals surface area contributed by atoms with Crippen molar-refractivity contribution in [1.29, 1.82) is 0 Å². The maximum Gasteiger partial charge on any atom is 0.0460 e. The highest BCUT2D eigenvalue weighted by Crippen LogP contribution is 2.38. The second kappa shape index (κ2) is 11.0. The molecule has 0 unspecified atom stereocenters. The van der Waals surface area contributed by atoms with Gasteiger partial charge in [0.15, 0.2) is 0 Å². The second-order valence-electron chi connectivity index (χ2n) is 7.72. The average Bonchev–Trinajstić information content (AvgIpc) is 3.24. The van der Waals surface area contributed by atoms with Gasteiger partial charge in [-0.25, -0.2) is 0 Å². The molecule has 146 valence electrons. The Morgan fingerprint density at radius 3 is 1.96 bits per heavy atom. The van der Waals surface area contributed by atoms with Crippen LogP contribution in [0.4, 0.5) is 0 Å². The van der Waals surface area contributed by atoms with Gasteiger partial charge in [0.2, 0.25) is 0 Å². The number of hydrogen-bond acceptors (Lipinski definition) is 2. The van der Waals surface area contributed by atoms with Crippen molar-refractivity contribution >= 4 is 32.1 Å². The SMILES string of the molecule is CCCCCCCc1ccc(-c2cc3sc(CCCCCC)cc3s2)cc1. The molecule has 0 fully saturated rings. The van der Waals surface area contributed by atoms with Gasteiger partial charge in [0.05, 0.1) is 0 Å². The fourth-order valence-corrected chi connectivity index (χ4v) is 6.11. The minimum Gasteiger partial charge on any atom is -0.139 e. The van der Waals surface area contributed by atoms with Crippen LogP contribution in [0.5, 0.6) is 0 Å². The van der Waals surface area contributed by atoms with E-state index in [0.29, 0.717) is 0 Å².